The number of nitrogens with two attached hydrogens (primary N) is 1. The molecule has 2 heteroatoms. The van der Waals surface area contributed by atoms with Crippen molar-refractivity contribution in [2.24, 2.45) is 23.5 Å². The van der Waals surface area contributed by atoms with Gasteiger partial charge in [-0.1, -0.05) is 26.7 Å². The summed E-state index contributed by atoms with van der Waals surface area (Å²) in [6.45, 7) is 5.65. The summed E-state index contributed by atoms with van der Waals surface area (Å²) in [5, 5.41) is 0. The van der Waals surface area contributed by atoms with Crippen molar-refractivity contribution in [2.75, 3.05) is 13.6 Å². The second kappa shape index (κ2) is 7.08. The second-order valence-corrected chi connectivity index (χ2v) is 7.40. The summed E-state index contributed by atoms with van der Waals surface area (Å²) in [6.07, 6.45) is 11.2. The first-order chi connectivity index (χ1) is 9.11. The molecule has 2 nitrogen and oxygen atoms in total. The topological polar surface area (TPSA) is 29.3 Å². The zero-order chi connectivity index (χ0) is 13.8. The average molecular weight is 266 g/mol. The zero-order valence-corrected chi connectivity index (χ0v) is 13.3. The van der Waals surface area contributed by atoms with Gasteiger partial charge in [0.2, 0.25) is 0 Å². The maximum atomic E-state index is 6.13. The van der Waals surface area contributed by atoms with Crippen molar-refractivity contribution >= 4 is 0 Å². The van der Waals surface area contributed by atoms with Gasteiger partial charge in [-0.3, -0.25) is 4.90 Å². The highest BCUT2D eigenvalue weighted by Crippen LogP contribution is 2.34. The summed E-state index contributed by atoms with van der Waals surface area (Å²) in [4.78, 5) is 2.66. The third-order valence-corrected chi connectivity index (χ3v) is 5.93. The summed E-state index contributed by atoms with van der Waals surface area (Å²) >= 11 is 0. The van der Waals surface area contributed by atoms with Gasteiger partial charge >= 0.3 is 0 Å². The largest absolute Gasteiger partial charge is 0.329 e. The van der Waals surface area contributed by atoms with E-state index < -0.39 is 0 Å². The van der Waals surface area contributed by atoms with E-state index in [-0.39, 0.29) is 0 Å². The van der Waals surface area contributed by atoms with Crippen molar-refractivity contribution in [3.05, 3.63) is 0 Å². The summed E-state index contributed by atoms with van der Waals surface area (Å²) < 4.78 is 0. The predicted molar refractivity (Wildman–Crippen MR) is 83.1 cm³/mol. The van der Waals surface area contributed by atoms with E-state index in [0.29, 0.717) is 6.04 Å². The van der Waals surface area contributed by atoms with Crippen LogP contribution in [0.1, 0.15) is 65.2 Å². The van der Waals surface area contributed by atoms with E-state index in [2.05, 4.69) is 25.8 Å². The lowest BCUT2D eigenvalue weighted by Gasteiger charge is -2.43. The molecule has 0 heterocycles. The van der Waals surface area contributed by atoms with Gasteiger partial charge in [0.1, 0.15) is 0 Å². The average Bonchev–Trinajstić information content (AvgIpc) is 2.42. The minimum atomic E-state index is 0.630. The lowest BCUT2D eigenvalue weighted by molar-refractivity contribution is 0.0727. The minimum absolute atomic E-state index is 0.630. The van der Waals surface area contributed by atoms with Gasteiger partial charge in [-0.05, 0) is 63.3 Å². The second-order valence-electron chi connectivity index (χ2n) is 7.40. The van der Waals surface area contributed by atoms with Gasteiger partial charge in [-0.15, -0.1) is 0 Å². The molecule has 19 heavy (non-hydrogen) atoms. The van der Waals surface area contributed by atoms with E-state index in [0.717, 1.165) is 30.3 Å². The summed E-state index contributed by atoms with van der Waals surface area (Å²) in [7, 11) is 2.34. The Morgan fingerprint density at radius 2 is 1.37 bits per heavy atom. The van der Waals surface area contributed by atoms with Crippen molar-refractivity contribution in [1.82, 2.24) is 4.90 Å². The Bertz CT molecular complexity index is 250. The first kappa shape index (κ1) is 15.3. The highest BCUT2D eigenvalue weighted by molar-refractivity contribution is 4.87. The minimum Gasteiger partial charge on any atom is -0.329 e. The van der Waals surface area contributed by atoms with Crippen molar-refractivity contribution < 1.29 is 0 Å². The SMILES string of the molecule is CC1CCC(C(CN)N(C)C2CCC(C)CC2)CC1. The lowest BCUT2D eigenvalue weighted by atomic mass is 9.77. The van der Waals surface area contributed by atoms with Crippen LogP contribution in [-0.2, 0) is 0 Å². The Morgan fingerprint density at radius 1 is 0.895 bits per heavy atom. The molecule has 0 radical (unpaired) electrons. The number of hydrogen-bond donors (Lipinski definition) is 1. The molecule has 1 atom stereocenters. The Kier molecular flexibility index (Phi) is 5.70. The first-order valence-electron chi connectivity index (χ1n) is 8.53. The van der Waals surface area contributed by atoms with Crippen LogP contribution in [0.3, 0.4) is 0 Å². The molecule has 0 aromatic heterocycles. The molecule has 0 amide bonds. The molecule has 2 aliphatic carbocycles. The van der Waals surface area contributed by atoms with E-state index in [1.165, 1.54) is 51.4 Å². The van der Waals surface area contributed by atoms with Crippen LogP contribution in [0.2, 0.25) is 0 Å². The molecule has 0 aliphatic heterocycles. The Balaban J connectivity index is 1.89. The molecular formula is C17H34N2. The van der Waals surface area contributed by atoms with Gasteiger partial charge in [0.05, 0.1) is 0 Å². The standard InChI is InChI=1S/C17H34N2/c1-13-4-8-15(9-5-13)17(12-18)19(3)16-10-6-14(2)7-11-16/h13-17H,4-12,18H2,1-3H3. The van der Waals surface area contributed by atoms with E-state index in [4.69, 9.17) is 5.73 Å². The molecule has 0 spiro atoms. The van der Waals surface area contributed by atoms with Gasteiger partial charge < -0.3 is 5.73 Å². The highest BCUT2D eigenvalue weighted by Gasteiger charge is 2.32. The highest BCUT2D eigenvalue weighted by atomic mass is 15.2. The molecule has 2 N–H and O–H groups in total. The maximum absolute atomic E-state index is 6.13. The van der Waals surface area contributed by atoms with Crippen molar-refractivity contribution in [3.63, 3.8) is 0 Å². The Labute approximate surface area is 120 Å². The predicted octanol–water partition coefficient (Wildman–Crippen LogP) is 3.65. The van der Waals surface area contributed by atoms with Crippen molar-refractivity contribution in [2.45, 2.75) is 77.3 Å². The van der Waals surface area contributed by atoms with Gasteiger partial charge in [-0.25, -0.2) is 0 Å². The van der Waals surface area contributed by atoms with Crippen LogP contribution in [0.5, 0.6) is 0 Å². The monoisotopic (exact) mass is 266 g/mol. The number of likely N-dealkylation sites (N-methyl/N-ethyl adjacent to an activating group) is 1. The fourth-order valence-electron chi connectivity index (χ4n) is 4.28. The van der Waals surface area contributed by atoms with Gasteiger partial charge in [0, 0.05) is 18.6 Å². The van der Waals surface area contributed by atoms with Crippen LogP contribution in [0.15, 0.2) is 0 Å². The van der Waals surface area contributed by atoms with Gasteiger partial charge in [0.15, 0.2) is 0 Å². The van der Waals surface area contributed by atoms with Crippen LogP contribution in [-0.4, -0.2) is 30.6 Å². The number of hydrogen-bond acceptors (Lipinski definition) is 2. The molecule has 0 saturated heterocycles. The molecule has 0 aromatic rings. The fraction of sp³-hybridized carbons (Fsp3) is 1.00. The normalized spacial score (nSPS) is 38.4. The number of rotatable bonds is 4. The van der Waals surface area contributed by atoms with Crippen molar-refractivity contribution in [3.8, 4) is 0 Å². The van der Waals surface area contributed by atoms with E-state index in [1.807, 2.05) is 0 Å². The summed E-state index contributed by atoms with van der Waals surface area (Å²) in [5.41, 5.74) is 6.13. The van der Waals surface area contributed by atoms with E-state index >= 15 is 0 Å². The summed E-state index contributed by atoms with van der Waals surface area (Å²) in [5.74, 6) is 2.73. The first-order valence-corrected chi connectivity index (χ1v) is 8.53. The van der Waals surface area contributed by atoms with Crippen LogP contribution in [0.4, 0.5) is 0 Å². The molecule has 2 rings (SSSR count). The molecule has 0 aromatic carbocycles. The zero-order valence-electron chi connectivity index (χ0n) is 13.3. The summed E-state index contributed by atoms with van der Waals surface area (Å²) in [6, 6.07) is 1.43. The van der Waals surface area contributed by atoms with Crippen LogP contribution in [0, 0.1) is 17.8 Å². The molecular weight excluding hydrogens is 232 g/mol. The maximum Gasteiger partial charge on any atom is 0.0246 e. The molecule has 0 bridgehead atoms. The van der Waals surface area contributed by atoms with E-state index in [9.17, 15) is 0 Å². The molecule has 2 saturated carbocycles. The van der Waals surface area contributed by atoms with Gasteiger partial charge in [-0.2, -0.15) is 0 Å². The molecule has 112 valence electrons. The Hall–Kier alpha value is -0.0800. The van der Waals surface area contributed by atoms with Crippen LogP contribution in [0.25, 0.3) is 0 Å². The Morgan fingerprint density at radius 3 is 1.84 bits per heavy atom. The van der Waals surface area contributed by atoms with Gasteiger partial charge in [0.25, 0.3) is 0 Å². The van der Waals surface area contributed by atoms with Crippen LogP contribution >= 0.6 is 0 Å². The van der Waals surface area contributed by atoms with Crippen molar-refractivity contribution in [1.29, 1.82) is 0 Å². The molecule has 1 unspecified atom stereocenters. The van der Waals surface area contributed by atoms with Crippen LogP contribution < -0.4 is 5.73 Å². The number of nitrogens with zero attached hydrogens (tertiary/aromatic N) is 1. The lowest BCUT2D eigenvalue weighted by Crippen LogP contribution is -2.50. The van der Waals surface area contributed by atoms with E-state index in [1.54, 1.807) is 0 Å². The third kappa shape index (κ3) is 3.95. The smallest absolute Gasteiger partial charge is 0.0246 e. The molecule has 2 fully saturated rings. The third-order valence-electron chi connectivity index (χ3n) is 5.93. The molecule has 2 aliphatic rings. The quantitative estimate of drug-likeness (QED) is 0.841. The fourth-order valence-corrected chi connectivity index (χ4v) is 4.28.